The van der Waals surface area contributed by atoms with Crippen LogP contribution in [0.4, 0.5) is 0 Å². The minimum Gasteiger partial charge on any atom is -0.493 e. The summed E-state index contributed by atoms with van der Waals surface area (Å²) in [4.78, 5) is 2.56. The van der Waals surface area contributed by atoms with E-state index < -0.39 is 0 Å². The lowest BCUT2D eigenvalue weighted by atomic mass is 9.90. The Morgan fingerprint density at radius 1 is 1.04 bits per heavy atom. The topological polar surface area (TPSA) is 43.0 Å². The summed E-state index contributed by atoms with van der Waals surface area (Å²) >= 11 is 0. The van der Waals surface area contributed by atoms with Gasteiger partial charge in [0.2, 0.25) is 5.75 Å². The molecular formula is C18H30N2O3. The van der Waals surface area contributed by atoms with Crippen LogP contribution in [0.2, 0.25) is 0 Å². The lowest BCUT2D eigenvalue weighted by Crippen LogP contribution is -2.46. The number of hydrogen-bond donors (Lipinski definition) is 1. The number of nitrogens with zero attached hydrogens (tertiary/aromatic N) is 1. The minimum atomic E-state index is 0.357. The van der Waals surface area contributed by atoms with Crippen LogP contribution in [0, 0.1) is 5.92 Å². The quantitative estimate of drug-likeness (QED) is 0.836. The molecule has 5 heteroatoms. The Balaban J connectivity index is 2.44. The maximum atomic E-state index is 5.53. The third-order valence-corrected chi connectivity index (χ3v) is 4.76. The number of ether oxygens (including phenoxy) is 3. The Kier molecular flexibility index (Phi) is 6.54. The van der Waals surface area contributed by atoms with Gasteiger partial charge in [0, 0.05) is 32.2 Å². The normalized spacial score (nSPS) is 18.3. The molecule has 5 nitrogen and oxygen atoms in total. The van der Waals surface area contributed by atoms with Gasteiger partial charge in [-0.3, -0.25) is 4.90 Å². The van der Waals surface area contributed by atoms with E-state index in [-0.39, 0.29) is 0 Å². The van der Waals surface area contributed by atoms with Crippen LogP contribution in [-0.4, -0.2) is 52.4 Å². The van der Waals surface area contributed by atoms with Crippen molar-refractivity contribution < 1.29 is 14.2 Å². The van der Waals surface area contributed by atoms with Gasteiger partial charge >= 0.3 is 0 Å². The van der Waals surface area contributed by atoms with E-state index in [2.05, 4.69) is 36.2 Å². The Morgan fingerprint density at radius 3 is 2.04 bits per heavy atom. The van der Waals surface area contributed by atoms with E-state index in [9.17, 15) is 0 Å². The predicted octanol–water partition coefficient (Wildman–Crippen LogP) is 2.70. The van der Waals surface area contributed by atoms with Crippen LogP contribution in [0.5, 0.6) is 17.2 Å². The summed E-state index contributed by atoms with van der Waals surface area (Å²) in [5, 5.41) is 3.43. The summed E-state index contributed by atoms with van der Waals surface area (Å²) in [7, 11) is 4.98. The molecule has 0 aliphatic carbocycles. The Labute approximate surface area is 139 Å². The Hall–Kier alpha value is -1.46. The van der Waals surface area contributed by atoms with Crippen LogP contribution in [0.1, 0.15) is 31.9 Å². The zero-order valence-electron chi connectivity index (χ0n) is 15.0. The number of methoxy groups -OCH3 is 3. The van der Waals surface area contributed by atoms with Gasteiger partial charge in [-0.2, -0.15) is 0 Å². The molecule has 1 aliphatic rings. The van der Waals surface area contributed by atoms with E-state index >= 15 is 0 Å². The Bertz CT molecular complexity index is 476. The summed E-state index contributed by atoms with van der Waals surface area (Å²) < 4.78 is 16.5. The van der Waals surface area contributed by atoms with Crippen molar-refractivity contribution in [1.82, 2.24) is 10.2 Å². The average molecular weight is 322 g/mol. The second-order valence-electron chi connectivity index (χ2n) is 6.08. The van der Waals surface area contributed by atoms with Crippen molar-refractivity contribution >= 4 is 0 Å². The van der Waals surface area contributed by atoms with Gasteiger partial charge in [-0.1, -0.05) is 20.3 Å². The second-order valence-corrected chi connectivity index (χ2v) is 6.08. The van der Waals surface area contributed by atoms with Crippen LogP contribution < -0.4 is 19.5 Å². The molecule has 130 valence electrons. The van der Waals surface area contributed by atoms with Crippen molar-refractivity contribution in [2.45, 2.75) is 26.3 Å². The van der Waals surface area contributed by atoms with Gasteiger partial charge in [0.15, 0.2) is 11.5 Å². The van der Waals surface area contributed by atoms with Gasteiger partial charge in [0.1, 0.15) is 0 Å². The summed E-state index contributed by atoms with van der Waals surface area (Å²) in [6, 6.07) is 4.55. The molecule has 1 N–H and O–H groups in total. The summed E-state index contributed by atoms with van der Waals surface area (Å²) in [6.45, 7) is 8.76. The van der Waals surface area contributed by atoms with Gasteiger partial charge in [0.25, 0.3) is 0 Å². The fourth-order valence-corrected chi connectivity index (χ4v) is 3.35. The highest BCUT2D eigenvalue weighted by molar-refractivity contribution is 5.54. The second kappa shape index (κ2) is 8.41. The molecule has 0 radical (unpaired) electrons. The van der Waals surface area contributed by atoms with E-state index in [1.54, 1.807) is 21.3 Å². The molecule has 0 amide bonds. The molecule has 1 saturated heterocycles. The number of hydrogen-bond acceptors (Lipinski definition) is 5. The zero-order valence-corrected chi connectivity index (χ0v) is 15.0. The molecule has 1 aromatic rings. The molecule has 1 heterocycles. The maximum absolute atomic E-state index is 5.53. The van der Waals surface area contributed by atoms with Crippen LogP contribution in [0.3, 0.4) is 0 Å². The third kappa shape index (κ3) is 3.90. The molecule has 23 heavy (non-hydrogen) atoms. The SMILES string of the molecule is CCC(C)[C@@H](c1cc(OC)c(OC)c(OC)c1)N1CCNCC1. The highest BCUT2D eigenvalue weighted by Crippen LogP contribution is 2.42. The number of benzene rings is 1. The minimum absolute atomic E-state index is 0.357. The fourth-order valence-electron chi connectivity index (χ4n) is 3.35. The highest BCUT2D eigenvalue weighted by atomic mass is 16.5. The molecule has 0 aromatic heterocycles. The Morgan fingerprint density at radius 2 is 1.61 bits per heavy atom. The van der Waals surface area contributed by atoms with E-state index in [1.807, 2.05) is 0 Å². The lowest BCUT2D eigenvalue weighted by Gasteiger charge is -2.38. The van der Waals surface area contributed by atoms with Crippen molar-refractivity contribution in [2.75, 3.05) is 47.5 Å². The molecular weight excluding hydrogens is 292 g/mol. The van der Waals surface area contributed by atoms with Gasteiger partial charge in [0.05, 0.1) is 21.3 Å². The largest absolute Gasteiger partial charge is 0.493 e. The van der Waals surface area contributed by atoms with Gasteiger partial charge in [-0.05, 0) is 23.6 Å². The number of piperazine rings is 1. The van der Waals surface area contributed by atoms with E-state index in [0.717, 1.165) is 44.1 Å². The number of rotatable bonds is 7. The average Bonchev–Trinajstić information content (AvgIpc) is 2.61. The van der Waals surface area contributed by atoms with Crippen LogP contribution in [0.25, 0.3) is 0 Å². The maximum Gasteiger partial charge on any atom is 0.203 e. The first-order valence-electron chi connectivity index (χ1n) is 8.40. The zero-order chi connectivity index (χ0) is 16.8. The molecule has 0 spiro atoms. The smallest absolute Gasteiger partial charge is 0.203 e. The van der Waals surface area contributed by atoms with Crippen molar-refractivity contribution in [3.8, 4) is 17.2 Å². The van der Waals surface area contributed by atoms with Crippen LogP contribution in [-0.2, 0) is 0 Å². The highest BCUT2D eigenvalue weighted by Gasteiger charge is 2.28. The molecule has 2 rings (SSSR count). The summed E-state index contributed by atoms with van der Waals surface area (Å²) in [5.41, 5.74) is 1.23. The first-order valence-corrected chi connectivity index (χ1v) is 8.40. The van der Waals surface area contributed by atoms with Crippen molar-refractivity contribution in [3.63, 3.8) is 0 Å². The van der Waals surface area contributed by atoms with Crippen LogP contribution >= 0.6 is 0 Å². The summed E-state index contributed by atoms with van der Waals surface area (Å²) in [5.74, 6) is 2.66. The first-order chi connectivity index (χ1) is 11.2. The van der Waals surface area contributed by atoms with Crippen molar-refractivity contribution in [2.24, 2.45) is 5.92 Å². The van der Waals surface area contributed by atoms with Crippen molar-refractivity contribution in [1.29, 1.82) is 0 Å². The molecule has 1 aliphatic heterocycles. The molecule has 1 aromatic carbocycles. The lowest BCUT2D eigenvalue weighted by molar-refractivity contribution is 0.128. The molecule has 0 saturated carbocycles. The third-order valence-electron chi connectivity index (χ3n) is 4.76. The van der Waals surface area contributed by atoms with E-state index in [4.69, 9.17) is 14.2 Å². The monoisotopic (exact) mass is 322 g/mol. The first kappa shape index (κ1) is 17.9. The van der Waals surface area contributed by atoms with Gasteiger partial charge in [-0.15, -0.1) is 0 Å². The van der Waals surface area contributed by atoms with E-state index in [0.29, 0.717) is 17.7 Å². The predicted molar refractivity (Wildman–Crippen MR) is 92.7 cm³/mol. The molecule has 1 unspecified atom stereocenters. The standard InChI is InChI=1S/C18H30N2O3/c1-6-13(2)17(20-9-7-19-8-10-20)14-11-15(21-3)18(23-5)16(12-14)22-4/h11-13,17,19H,6-10H2,1-5H3/t13?,17-/m0/s1. The van der Waals surface area contributed by atoms with Gasteiger partial charge < -0.3 is 19.5 Å². The van der Waals surface area contributed by atoms with Crippen LogP contribution in [0.15, 0.2) is 12.1 Å². The van der Waals surface area contributed by atoms with Gasteiger partial charge in [-0.25, -0.2) is 0 Å². The number of nitrogens with one attached hydrogen (secondary N) is 1. The fraction of sp³-hybridized carbons (Fsp3) is 0.667. The molecule has 2 atom stereocenters. The van der Waals surface area contributed by atoms with E-state index in [1.165, 1.54) is 5.56 Å². The van der Waals surface area contributed by atoms with Crippen molar-refractivity contribution in [3.05, 3.63) is 17.7 Å². The molecule has 0 bridgehead atoms. The summed E-state index contributed by atoms with van der Waals surface area (Å²) in [6.07, 6.45) is 1.13. The molecule has 1 fully saturated rings.